The summed E-state index contributed by atoms with van der Waals surface area (Å²) in [7, 11) is 0. The molecule has 2 rings (SSSR count). The van der Waals surface area contributed by atoms with E-state index in [1.54, 1.807) is 11.1 Å². The van der Waals surface area contributed by atoms with Crippen LogP contribution in [0.1, 0.15) is 19.4 Å². The molecule has 1 aliphatic rings. The highest BCUT2D eigenvalue weighted by Crippen LogP contribution is 2.25. The zero-order chi connectivity index (χ0) is 14.7. The van der Waals surface area contributed by atoms with Crippen LogP contribution in [0.15, 0.2) is 29.3 Å². The first-order valence-electron chi connectivity index (χ1n) is 6.42. The monoisotopic (exact) mass is 271 g/mol. The average molecular weight is 271 g/mol. The van der Waals surface area contributed by atoms with Crippen LogP contribution in [0.25, 0.3) is 0 Å². The number of rotatable bonds is 1. The van der Waals surface area contributed by atoms with Gasteiger partial charge in [-0.25, -0.2) is 0 Å². The highest BCUT2D eigenvalue weighted by atomic mass is 16.2. The lowest BCUT2D eigenvalue weighted by molar-refractivity contribution is -0.121. The first-order chi connectivity index (χ1) is 9.54. The standard InChI is InChI=1S/C14H17N5O/c1-9(2)12-13(20)18-11-6-4-3-5-10(11)7-19(12)14(16)17-8-15/h3-6,9,12H,7H2,1-2H3,(H2,16,17)(H,18,20). The molecule has 1 aromatic carbocycles. The number of fused-ring (bicyclic) bond motifs is 1. The van der Waals surface area contributed by atoms with Gasteiger partial charge in [-0.05, 0) is 17.5 Å². The van der Waals surface area contributed by atoms with Gasteiger partial charge in [0.15, 0.2) is 0 Å². The minimum atomic E-state index is -0.459. The predicted molar refractivity (Wildman–Crippen MR) is 76.5 cm³/mol. The van der Waals surface area contributed by atoms with E-state index in [1.165, 1.54) is 0 Å². The van der Waals surface area contributed by atoms with Crippen LogP contribution in [0.4, 0.5) is 5.69 Å². The number of hydrogen-bond donors (Lipinski definition) is 2. The molecule has 0 aromatic heterocycles. The van der Waals surface area contributed by atoms with E-state index in [1.807, 2.05) is 38.1 Å². The third kappa shape index (κ3) is 2.57. The fourth-order valence-corrected chi connectivity index (χ4v) is 2.41. The van der Waals surface area contributed by atoms with E-state index >= 15 is 0 Å². The largest absolute Gasteiger partial charge is 0.369 e. The molecule has 3 N–H and O–H groups in total. The van der Waals surface area contributed by atoms with Gasteiger partial charge in [0.2, 0.25) is 18.1 Å². The fraction of sp³-hybridized carbons (Fsp3) is 0.357. The zero-order valence-electron chi connectivity index (χ0n) is 11.5. The van der Waals surface area contributed by atoms with Gasteiger partial charge in [-0.1, -0.05) is 32.0 Å². The van der Waals surface area contributed by atoms with Crippen LogP contribution >= 0.6 is 0 Å². The molecule has 0 radical (unpaired) electrons. The topological polar surface area (TPSA) is 94.5 Å². The molecule has 1 heterocycles. The first-order valence-corrected chi connectivity index (χ1v) is 6.42. The van der Waals surface area contributed by atoms with Crippen molar-refractivity contribution in [3.63, 3.8) is 0 Å². The van der Waals surface area contributed by atoms with Gasteiger partial charge in [-0.15, -0.1) is 4.99 Å². The Bertz CT molecular complexity index is 587. The van der Waals surface area contributed by atoms with Crippen molar-refractivity contribution in [3.05, 3.63) is 29.8 Å². The van der Waals surface area contributed by atoms with Gasteiger partial charge < -0.3 is 16.0 Å². The Balaban J connectivity index is 2.48. The SMILES string of the molecule is CC(C)C1C(=O)Nc2ccccc2CN1C(N)=NC#N. The van der Waals surface area contributed by atoms with Crippen molar-refractivity contribution in [3.8, 4) is 6.19 Å². The van der Waals surface area contributed by atoms with E-state index in [4.69, 9.17) is 11.0 Å². The summed E-state index contributed by atoms with van der Waals surface area (Å²) in [5.41, 5.74) is 7.57. The number of para-hydroxylation sites is 1. The summed E-state index contributed by atoms with van der Waals surface area (Å²) in [4.78, 5) is 17.6. The average Bonchev–Trinajstić information content (AvgIpc) is 2.54. The number of aliphatic imine (C=N–C) groups is 1. The van der Waals surface area contributed by atoms with E-state index in [0.717, 1.165) is 11.3 Å². The molecule has 1 atom stereocenters. The van der Waals surface area contributed by atoms with Crippen molar-refractivity contribution < 1.29 is 4.79 Å². The fourth-order valence-electron chi connectivity index (χ4n) is 2.41. The molecule has 1 unspecified atom stereocenters. The molecule has 0 saturated carbocycles. The Morgan fingerprint density at radius 1 is 1.55 bits per heavy atom. The molecule has 0 aliphatic carbocycles. The Hall–Kier alpha value is -2.55. The summed E-state index contributed by atoms with van der Waals surface area (Å²) in [5, 5.41) is 11.6. The van der Waals surface area contributed by atoms with Crippen LogP contribution in [-0.2, 0) is 11.3 Å². The molecule has 20 heavy (non-hydrogen) atoms. The highest BCUT2D eigenvalue weighted by molar-refractivity contribution is 5.99. The highest BCUT2D eigenvalue weighted by Gasteiger charge is 2.33. The molecule has 1 aromatic rings. The van der Waals surface area contributed by atoms with Crippen LogP contribution in [0, 0.1) is 17.4 Å². The van der Waals surface area contributed by atoms with Gasteiger partial charge in [-0.3, -0.25) is 4.79 Å². The van der Waals surface area contributed by atoms with Gasteiger partial charge in [0.25, 0.3) is 0 Å². The van der Waals surface area contributed by atoms with Crippen molar-refractivity contribution >= 4 is 17.6 Å². The molecule has 0 spiro atoms. The number of hydrogen-bond acceptors (Lipinski definition) is 3. The lowest BCUT2D eigenvalue weighted by atomic mass is 10.0. The number of guanidine groups is 1. The van der Waals surface area contributed by atoms with Gasteiger partial charge in [-0.2, -0.15) is 5.26 Å². The molecule has 1 aliphatic heterocycles. The number of benzene rings is 1. The van der Waals surface area contributed by atoms with Gasteiger partial charge >= 0.3 is 0 Å². The number of nitrogens with two attached hydrogens (primary N) is 1. The normalized spacial score (nSPS) is 19.1. The number of anilines is 1. The van der Waals surface area contributed by atoms with Crippen LogP contribution in [0.5, 0.6) is 0 Å². The lowest BCUT2D eigenvalue weighted by Crippen LogP contribution is -2.51. The Kier molecular flexibility index (Phi) is 3.89. The smallest absolute Gasteiger partial charge is 0.247 e. The minimum absolute atomic E-state index is 0.0387. The van der Waals surface area contributed by atoms with Gasteiger partial charge in [0, 0.05) is 12.2 Å². The molecule has 0 fully saturated rings. The summed E-state index contributed by atoms with van der Waals surface area (Å²) in [5.74, 6) is -0.0316. The maximum atomic E-state index is 12.4. The predicted octanol–water partition coefficient (Wildman–Crippen LogP) is 1.26. The molecular weight excluding hydrogens is 254 g/mol. The van der Waals surface area contributed by atoms with Crippen LogP contribution in [-0.4, -0.2) is 22.8 Å². The van der Waals surface area contributed by atoms with Crippen LogP contribution < -0.4 is 11.1 Å². The van der Waals surface area contributed by atoms with E-state index in [0.29, 0.717) is 6.54 Å². The van der Waals surface area contributed by atoms with E-state index in [9.17, 15) is 4.79 Å². The zero-order valence-corrected chi connectivity index (χ0v) is 11.5. The van der Waals surface area contributed by atoms with Crippen molar-refractivity contribution in [2.45, 2.75) is 26.4 Å². The van der Waals surface area contributed by atoms with Gasteiger partial charge in [0.1, 0.15) is 6.04 Å². The Morgan fingerprint density at radius 3 is 2.90 bits per heavy atom. The Labute approximate surface area is 117 Å². The molecule has 104 valence electrons. The van der Waals surface area contributed by atoms with Crippen molar-refractivity contribution in [2.75, 3.05) is 5.32 Å². The first kappa shape index (κ1) is 13.9. The molecule has 1 amide bonds. The van der Waals surface area contributed by atoms with E-state index in [-0.39, 0.29) is 17.8 Å². The van der Waals surface area contributed by atoms with Crippen LogP contribution in [0.2, 0.25) is 0 Å². The maximum absolute atomic E-state index is 12.4. The molecule has 6 heteroatoms. The summed E-state index contributed by atoms with van der Waals surface area (Å²) < 4.78 is 0. The summed E-state index contributed by atoms with van der Waals surface area (Å²) >= 11 is 0. The number of nitriles is 1. The third-order valence-electron chi connectivity index (χ3n) is 3.31. The second kappa shape index (κ2) is 5.61. The van der Waals surface area contributed by atoms with Crippen molar-refractivity contribution in [1.82, 2.24) is 4.90 Å². The summed E-state index contributed by atoms with van der Waals surface area (Å²) in [6, 6.07) is 7.08. The summed E-state index contributed by atoms with van der Waals surface area (Å²) in [6.07, 6.45) is 1.67. The number of carbonyl (C=O) groups excluding carboxylic acids is 1. The molecular formula is C14H17N5O. The van der Waals surface area contributed by atoms with E-state index < -0.39 is 6.04 Å². The lowest BCUT2D eigenvalue weighted by Gasteiger charge is -2.31. The molecule has 0 saturated heterocycles. The van der Waals surface area contributed by atoms with Crippen molar-refractivity contribution in [2.24, 2.45) is 16.6 Å². The van der Waals surface area contributed by atoms with Crippen molar-refractivity contribution in [1.29, 1.82) is 5.26 Å². The van der Waals surface area contributed by atoms with E-state index in [2.05, 4.69) is 10.3 Å². The summed E-state index contributed by atoms with van der Waals surface area (Å²) in [6.45, 7) is 4.31. The number of nitrogens with one attached hydrogen (secondary N) is 1. The minimum Gasteiger partial charge on any atom is -0.369 e. The quantitative estimate of drug-likeness (QED) is 0.456. The maximum Gasteiger partial charge on any atom is 0.247 e. The van der Waals surface area contributed by atoms with Crippen LogP contribution in [0.3, 0.4) is 0 Å². The molecule has 6 nitrogen and oxygen atoms in total. The Morgan fingerprint density at radius 2 is 2.25 bits per heavy atom. The number of carbonyl (C=O) groups is 1. The molecule has 0 bridgehead atoms. The van der Waals surface area contributed by atoms with Gasteiger partial charge in [0.05, 0.1) is 0 Å². The third-order valence-corrected chi connectivity index (χ3v) is 3.31. The number of amides is 1. The second-order valence-electron chi connectivity index (χ2n) is 5.03. The number of nitrogens with zero attached hydrogens (tertiary/aromatic N) is 3. The second-order valence-corrected chi connectivity index (χ2v) is 5.03.